The van der Waals surface area contributed by atoms with E-state index in [2.05, 4.69) is 5.32 Å². The molecule has 3 aromatic rings. The van der Waals surface area contributed by atoms with Crippen LogP contribution in [0.15, 0.2) is 52.9 Å². The highest BCUT2D eigenvalue weighted by Gasteiger charge is 2.21. The summed E-state index contributed by atoms with van der Waals surface area (Å²) in [6, 6.07) is 13.9. The molecule has 3 rings (SSSR count). The summed E-state index contributed by atoms with van der Waals surface area (Å²) in [5.74, 6) is 1.04. The third-order valence-corrected chi connectivity index (χ3v) is 3.52. The third kappa shape index (κ3) is 2.50. The number of ether oxygens (including phenoxy) is 1. The fraction of sp³-hybridized carbons (Fsp3) is 0.176. The lowest BCUT2D eigenvalue weighted by Crippen LogP contribution is -2.18. The first-order valence-electron chi connectivity index (χ1n) is 6.72. The maximum absolute atomic E-state index is 13.6. The van der Waals surface area contributed by atoms with Crippen LogP contribution < -0.4 is 10.1 Å². The van der Waals surface area contributed by atoms with E-state index in [1.807, 2.05) is 37.4 Å². The standard InChI is InChI=1S/C17H16FNO2/c1-19-17(13-10-12(18)7-8-15(13)20-2)16-9-11-5-3-4-6-14(11)21-16/h3-10,17,19H,1-2H3. The fourth-order valence-corrected chi connectivity index (χ4v) is 2.53. The van der Waals surface area contributed by atoms with Crippen LogP contribution in [0.2, 0.25) is 0 Å². The van der Waals surface area contributed by atoms with Crippen LogP contribution in [0.5, 0.6) is 5.75 Å². The van der Waals surface area contributed by atoms with Crippen LogP contribution >= 0.6 is 0 Å². The van der Waals surface area contributed by atoms with E-state index in [-0.39, 0.29) is 11.9 Å². The average Bonchev–Trinajstić information content (AvgIpc) is 2.92. The molecule has 1 heterocycles. The quantitative estimate of drug-likeness (QED) is 0.789. The molecule has 1 aromatic heterocycles. The molecule has 1 N–H and O–H groups in total. The Morgan fingerprint density at radius 1 is 1.14 bits per heavy atom. The predicted molar refractivity (Wildman–Crippen MR) is 80.1 cm³/mol. The Bertz CT molecular complexity index is 733. The highest BCUT2D eigenvalue weighted by atomic mass is 19.1. The minimum absolute atomic E-state index is 0.275. The average molecular weight is 285 g/mol. The molecule has 0 aliphatic heterocycles. The third-order valence-electron chi connectivity index (χ3n) is 3.52. The molecule has 1 atom stereocenters. The van der Waals surface area contributed by atoms with Crippen LogP contribution in [0, 0.1) is 5.82 Å². The van der Waals surface area contributed by atoms with Crippen LogP contribution in [-0.4, -0.2) is 14.2 Å². The Balaban J connectivity index is 2.11. The Morgan fingerprint density at radius 3 is 2.67 bits per heavy atom. The van der Waals surface area contributed by atoms with E-state index in [9.17, 15) is 4.39 Å². The first-order chi connectivity index (χ1) is 10.2. The lowest BCUT2D eigenvalue weighted by Gasteiger charge is -2.17. The van der Waals surface area contributed by atoms with Gasteiger partial charge >= 0.3 is 0 Å². The molecule has 0 amide bonds. The molecule has 0 spiro atoms. The number of rotatable bonds is 4. The Labute approximate surface area is 122 Å². The number of hydrogen-bond acceptors (Lipinski definition) is 3. The molecular weight excluding hydrogens is 269 g/mol. The smallest absolute Gasteiger partial charge is 0.134 e. The van der Waals surface area contributed by atoms with Crippen molar-refractivity contribution in [2.24, 2.45) is 0 Å². The first kappa shape index (κ1) is 13.6. The number of hydrogen-bond donors (Lipinski definition) is 1. The largest absolute Gasteiger partial charge is 0.496 e. The SMILES string of the molecule is CNC(c1cc2ccccc2o1)c1cc(F)ccc1OC. The lowest BCUT2D eigenvalue weighted by molar-refractivity contribution is 0.397. The minimum atomic E-state index is -0.304. The van der Waals surface area contributed by atoms with Crippen LogP contribution in [0.25, 0.3) is 11.0 Å². The van der Waals surface area contributed by atoms with Crippen molar-refractivity contribution in [2.45, 2.75) is 6.04 Å². The molecule has 0 aliphatic carbocycles. The number of benzene rings is 2. The molecule has 21 heavy (non-hydrogen) atoms. The van der Waals surface area contributed by atoms with Gasteiger partial charge < -0.3 is 14.5 Å². The second kappa shape index (κ2) is 5.58. The molecule has 2 aromatic carbocycles. The molecular formula is C17H16FNO2. The van der Waals surface area contributed by atoms with Crippen molar-refractivity contribution in [1.82, 2.24) is 5.32 Å². The maximum Gasteiger partial charge on any atom is 0.134 e. The van der Waals surface area contributed by atoms with Gasteiger partial charge in [0.25, 0.3) is 0 Å². The Hall–Kier alpha value is -2.33. The summed E-state index contributed by atoms with van der Waals surface area (Å²) in [6.45, 7) is 0. The van der Waals surface area contributed by atoms with Gasteiger partial charge in [-0.3, -0.25) is 0 Å². The molecule has 108 valence electrons. The summed E-state index contributed by atoms with van der Waals surface area (Å²) in [6.07, 6.45) is 0. The maximum atomic E-state index is 13.6. The number of halogens is 1. The number of methoxy groups -OCH3 is 1. The Morgan fingerprint density at radius 2 is 1.95 bits per heavy atom. The van der Waals surface area contributed by atoms with Crippen molar-refractivity contribution in [3.05, 3.63) is 65.7 Å². The van der Waals surface area contributed by atoms with E-state index in [1.54, 1.807) is 13.2 Å². The van der Waals surface area contributed by atoms with Gasteiger partial charge in [-0.2, -0.15) is 0 Å². The van der Waals surface area contributed by atoms with E-state index in [0.29, 0.717) is 11.3 Å². The number of nitrogens with one attached hydrogen (secondary N) is 1. The van der Waals surface area contributed by atoms with Crippen molar-refractivity contribution in [3.8, 4) is 5.75 Å². The molecule has 0 aliphatic rings. The zero-order valence-electron chi connectivity index (χ0n) is 11.9. The summed E-state index contributed by atoms with van der Waals surface area (Å²) in [7, 11) is 3.38. The van der Waals surface area contributed by atoms with E-state index < -0.39 is 0 Å². The number of furan rings is 1. The molecule has 0 saturated carbocycles. The van der Waals surface area contributed by atoms with Gasteiger partial charge in [0.15, 0.2) is 0 Å². The van der Waals surface area contributed by atoms with Crippen LogP contribution in [0.3, 0.4) is 0 Å². The van der Waals surface area contributed by atoms with Gasteiger partial charge in [0.1, 0.15) is 22.9 Å². The highest BCUT2D eigenvalue weighted by molar-refractivity contribution is 5.78. The van der Waals surface area contributed by atoms with E-state index in [4.69, 9.17) is 9.15 Å². The second-order valence-corrected chi connectivity index (χ2v) is 4.79. The summed E-state index contributed by atoms with van der Waals surface area (Å²) in [5.41, 5.74) is 1.52. The first-order valence-corrected chi connectivity index (χ1v) is 6.72. The van der Waals surface area contributed by atoms with E-state index in [1.165, 1.54) is 12.1 Å². The molecule has 0 fully saturated rings. The molecule has 0 saturated heterocycles. The van der Waals surface area contributed by atoms with Crippen molar-refractivity contribution in [3.63, 3.8) is 0 Å². The van der Waals surface area contributed by atoms with Gasteiger partial charge in [-0.05, 0) is 37.4 Å². The second-order valence-electron chi connectivity index (χ2n) is 4.79. The number of para-hydroxylation sites is 1. The Kier molecular flexibility index (Phi) is 3.62. The molecule has 0 bridgehead atoms. The number of fused-ring (bicyclic) bond motifs is 1. The van der Waals surface area contributed by atoms with E-state index >= 15 is 0 Å². The molecule has 3 nitrogen and oxygen atoms in total. The van der Waals surface area contributed by atoms with Gasteiger partial charge in [0.05, 0.1) is 13.2 Å². The van der Waals surface area contributed by atoms with Crippen molar-refractivity contribution >= 4 is 11.0 Å². The van der Waals surface area contributed by atoms with Gasteiger partial charge in [-0.1, -0.05) is 18.2 Å². The van der Waals surface area contributed by atoms with Gasteiger partial charge in [0, 0.05) is 10.9 Å². The van der Waals surface area contributed by atoms with Gasteiger partial charge in [-0.15, -0.1) is 0 Å². The van der Waals surface area contributed by atoms with Gasteiger partial charge in [0.2, 0.25) is 0 Å². The van der Waals surface area contributed by atoms with Crippen LogP contribution in [-0.2, 0) is 0 Å². The van der Waals surface area contributed by atoms with Crippen LogP contribution in [0.4, 0.5) is 4.39 Å². The van der Waals surface area contributed by atoms with Crippen molar-refractivity contribution in [2.75, 3.05) is 14.2 Å². The monoisotopic (exact) mass is 285 g/mol. The molecule has 4 heteroatoms. The van der Waals surface area contributed by atoms with E-state index in [0.717, 1.165) is 16.7 Å². The summed E-state index contributed by atoms with van der Waals surface area (Å²) in [5, 5.41) is 4.17. The summed E-state index contributed by atoms with van der Waals surface area (Å²) in [4.78, 5) is 0. The lowest BCUT2D eigenvalue weighted by atomic mass is 10.0. The normalized spacial score (nSPS) is 12.5. The van der Waals surface area contributed by atoms with Crippen LogP contribution in [0.1, 0.15) is 17.4 Å². The zero-order chi connectivity index (χ0) is 14.8. The molecule has 0 radical (unpaired) electrons. The molecule has 1 unspecified atom stereocenters. The summed E-state index contributed by atoms with van der Waals surface area (Å²) < 4.78 is 24.8. The summed E-state index contributed by atoms with van der Waals surface area (Å²) >= 11 is 0. The highest BCUT2D eigenvalue weighted by Crippen LogP contribution is 2.33. The van der Waals surface area contributed by atoms with Crippen molar-refractivity contribution in [1.29, 1.82) is 0 Å². The van der Waals surface area contributed by atoms with Gasteiger partial charge in [-0.25, -0.2) is 4.39 Å². The van der Waals surface area contributed by atoms with Crippen molar-refractivity contribution < 1.29 is 13.5 Å². The fourth-order valence-electron chi connectivity index (χ4n) is 2.53. The minimum Gasteiger partial charge on any atom is -0.496 e. The topological polar surface area (TPSA) is 34.4 Å². The predicted octanol–water partition coefficient (Wildman–Crippen LogP) is 3.89. The zero-order valence-corrected chi connectivity index (χ0v) is 11.9.